The highest BCUT2D eigenvalue weighted by molar-refractivity contribution is 7.88. The molecule has 0 saturated carbocycles. The third kappa shape index (κ3) is 5.48. The molecule has 1 atom stereocenters. The molecular formula is C13H26N2O3S. The SMILES string of the molecule is CCCN(CCC(=O)N1CCCC(C)C1)S(C)(=O)=O. The van der Waals surface area contributed by atoms with Crippen LogP contribution in [0.15, 0.2) is 0 Å². The lowest BCUT2D eigenvalue weighted by Gasteiger charge is -2.31. The average Bonchev–Trinajstić information content (AvgIpc) is 2.32. The number of hydrogen-bond acceptors (Lipinski definition) is 3. The first-order valence-corrected chi connectivity index (χ1v) is 8.92. The second-order valence-electron chi connectivity index (χ2n) is 5.50. The Morgan fingerprint density at radius 2 is 2.05 bits per heavy atom. The molecule has 0 bridgehead atoms. The van der Waals surface area contributed by atoms with E-state index in [4.69, 9.17) is 0 Å². The van der Waals surface area contributed by atoms with E-state index >= 15 is 0 Å². The predicted molar refractivity (Wildman–Crippen MR) is 76.3 cm³/mol. The molecule has 0 N–H and O–H groups in total. The van der Waals surface area contributed by atoms with Crippen molar-refractivity contribution in [3.63, 3.8) is 0 Å². The minimum absolute atomic E-state index is 0.0799. The third-order valence-electron chi connectivity index (χ3n) is 3.53. The Morgan fingerprint density at radius 3 is 2.58 bits per heavy atom. The number of piperidine rings is 1. The Balaban J connectivity index is 2.47. The highest BCUT2D eigenvalue weighted by atomic mass is 32.2. The van der Waals surface area contributed by atoms with Crippen LogP contribution < -0.4 is 0 Å². The summed E-state index contributed by atoms with van der Waals surface area (Å²) >= 11 is 0. The number of rotatable bonds is 6. The van der Waals surface area contributed by atoms with Crippen molar-refractivity contribution in [3.8, 4) is 0 Å². The molecule has 1 unspecified atom stereocenters. The minimum Gasteiger partial charge on any atom is -0.342 e. The van der Waals surface area contributed by atoms with Gasteiger partial charge in [-0.3, -0.25) is 4.79 Å². The maximum absolute atomic E-state index is 12.1. The smallest absolute Gasteiger partial charge is 0.223 e. The van der Waals surface area contributed by atoms with Gasteiger partial charge in [-0.05, 0) is 25.2 Å². The van der Waals surface area contributed by atoms with Gasteiger partial charge >= 0.3 is 0 Å². The molecule has 19 heavy (non-hydrogen) atoms. The van der Waals surface area contributed by atoms with E-state index in [-0.39, 0.29) is 5.91 Å². The number of hydrogen-bond donors (Lipinski definition) is 0. The predicted octanol–water partition coefficient (Wildman–Crippen LogP) is 1.31. The average molecular weight is 290 g/mol. The van der Waals surface area contributed by atoms with Gasteiger partial charge in [0.15, 0.2) is 0 Å². The molecule has 1 saturated heterocycles. The first-order valence-electron chi connectivity index (χ1n) is 7.07. The van der Waals surface area contributed by atoms with Crippen LogP contribution in [0.1, 0.15) is 39.5 Å². The van der Waals surface area contributed by atoms with Gasteiger partial charge in [0.05, 0.1) is 6.26 Å². The summed E-state index contributed by atoms with van der Waals surface area (Å²) in [4.78, 5) is 14.0. The van der Waals surface area contributed by atoms with Gasteiger partial charge in [0.1, 0.15) is 0 Å². The molecule has 0 aliphatic carbocycles. The van der Waals surface area contributed by atoms with Crippen LogP contribution >= 0.6 is 0 Å². The molecule has 112 valence electrons. The van der Waals surface area contributed by atoms with Crippen molar-refractivity contribution in [3.05, 3.63) is 0 Å². The number of amides is 1. The molecule has 1 fully saturated rings. The summed E-state index contributed by atoms with van der Waals surface area (Å²) in [7, 11) is -3.20. The molecule has 1 heterocycles. The van der Waals surface area contributed by atoms with Crippen molar-refractivity contribution in [2.45, 2.75) is 39.5 Å². The molecule has 1 aliphatic heterocycles. The van der Waals surface area contributed by atoms with E-state index in [0.717, 1.165) is 25.9 Å². The lowest BCUT2D eigenvalue weighted by Crippen LogP contribution is -2.41. The summed E-state index contributed by atoms with van der Waals surface area (Å²) in [6.45, 7) is 6.51. The van der Waals surface area contributed by atoms with Crippen LogP contribution in [0.25, 0.3) is 0 Å². The van der Waals surface area contributed by atoms with E-state index in [0.29, 0.717) is 25.4 Å². The minimum atomic E-state index is -3.20. The highest BCUT2D eigenvalue weighted by Gasteiger charge is 2.22. The van der Waals surface area contributed by atoms with E-state index in [1.807, 2.05) is 11.8 Å². The highest BCUT2D eigenvalue weighted by Crippen LogP contribution is 2.16. The molecule has 6 heteroatoms. The largest absolute Gasteiger partial charge is 0.342 e. The third-order valence-corrected chi connectivity index (χ3v) is 4.83. The number of likely N-dealkylation sites (tertiary alicyclic amines) is 1. The van der Waals surface area contributed by atoms with Crippen molar-refractivity contribution in [2.24, 2.45) is 5.92 Å². The van der Waals surface area contributed by atoms with Crippen molar-refractivity contribution >= 4 is 15.9 Å². The second kappa shape index (κ2) is 7.24. The molecule has 1 rings (SSSR count). The quantitative estimate of drug-likeness (QED) is 0.741. The van der Waals surface area contributed by atoms with Gasteiger partial charge in [-0.1, -0.05) is 13.8 Å². The second-order valence-corrected chi connectivity index (χ2v) is 7.48. The standard InChI is InChI=1S/C13H26N2O3S/c1-4-8-15(19(3,17)18)10-7-13(16)14-9-5-6-12(2)11-14/h12H,4-11H2,1-3H3. The summed E-state index contributed by atoms with van der Waals surface area (Å²) in [5, 5.41) is 0. The summed E-state index contributed by atoms with van der Waals surface area (Å²) in [5.74, 6) is 0.635. The van der Waals surface area contributed by atoms with Gasteiger partial charge in [-0.2, -0.15) is 0 Å². The number of carbonyl (C=O) groups is 1. The fourth-order valence-electron chi connectivity index (χ4n) is 2.49. The fourth-order valence-corrected chi connectivity index (χ4v) is 3.42. The Kier molecular flexibility index (Phi) is 6.26. The Labute approximate surface area is 117 Å². The molecule has 0 spiro atoms. The first kappa shape index (κ1) is 16.4. The Hall–Kier alpha value is -0.620. The molecule has 1 aliphatic rings. The summed E-state index contributed by atoms with van der Waals surface area (Å²) in [5.41, 5.74) is 0. The van der Waals surface area contributed by atoms with Gasteiger partial charge in [0.2, 0.25) is 15.9 Å². The number of nitrogens with zero attached hydrogens (tertiary/aromatic N) is 2. The number of carbonyl (C=O) groups excluding carboxylic acids is 1. The van der Waals surface area contributed by atoms with Gasteiger partial charge in [-0.25, -0.2) is 12.7 Å². The summed E-state index contributed by atoms with van der Waals surface area (Å²) in [6.07, 6.45) is 4.49. The zero-order valence-corrected chi connectivity index (χ0v) is 13.1. The zero-order chi connectivity index (χ0) is 14.5. The van der Waals surface area contributed by atoms with E-state index < -0.39 is 10.0 Å². The van der Waals surface area contributed by atoms with E-state index in [9.17, 15) is 13.2 Å². The van der Waals surface area contributed by atoms with Crippen molar-refractivity contribution < 1.29 is 13.2 Å². The van der Waals surface area contributed by atoms with Gasteiger partial charge in [0, 0.05) is 32.6 Å². The van der Waals surface area contributed by atoms with Crippen molar-refractivity contribution in [2.75, 3.05) is 32.4 Å². The molecule has 1 amide bonds. The topological polar surface area (TPSA) is 57.7 Å². The molecule has 0 aromatic heterocycles. The van der Waals surface area contributed by atoms with Gasteiger partial charge in [0.25, 0.3) is 0 Å². The Bertz CT molecular complexity index is 395. The first-order chi connectivity index (χ1) is 8.84. The summed E-state index contributed by atoms with van der Waals surface area (Å²) in [6, 6.07) is 0. The molecule has 0 aromatic carbocycles. The van der Waals surface area contributed by atoms with E-state index in [1.54, 1.807) is 0 Å². The zero-order valence-electron chi connectivity index (χ0n) is 12.3. The Morgan fingerprint density at radius 1 is 1.37 bits per heavy atom. The van der Waals surface area contributed by atoms with E-state index in [2.05, 4.69) is 6.92 Å². The van der Waals surface area contributed by atoms with Gasteiger partial charge < -0.3 is 4.90 Å². The van der Waals surface area contributed by atoms with Crippen LogP contribution in [0.3, 0.4) is 0 Å². The molecule has 0 radical (unpaired) electrons. The maximum atomic E-state index is 12.1. The van der Waals surface area contributed by atoms with Crippen LogP contribution in [0.4, 0.5) is 0 Å². The van der Waals surface area contributed by atoms with Crippen LogP contribution in [-0.4, -0.2) is 56.0 Å². The van der Waals surface area contributed by atoms with Crippen LogP contribution in [0.2, 0.25) is 0 Å². The fraction of sp³-hybridized carbons (Fsp3) is 0.923. The van der Waals surface area contributed by atoms with Crippen molar-refractivity contribution in [1.29, 1.82) is 0 Å². The van der Waals surface area contributed by atoms with Crippen LogP contribution in [0.5, 0.6) is 0 Å². The monoisotopic (exact) mass is 290 g/mol. The molecule has 0 aromatic rings. The lowest BCUT2D eigenvalue weighted by atomic mass is 10.00. The molecular weight excluding hydrogens is 264 g/mol. The van der Waals surface area contributed by atoms with Crippen LogP contribution in [0, 0.1) is 5.92 Å². The van der Waals surface area contributed by atoms with Crippen LogP contribution in [-0.2, 0) is 14.8 Å². The van der Waals surface area contributed by atoms with Gasteiger partial charge in [-0.15, -0.1) is 0 Å². The summed E-state index contributed by atoms with van der Waals surface area (Å²) < 4.78 is 24.5. The normalized spacial score (nSPS) is 20.8. The lowest BCUT2D eigenvalue weighted by molar-refractivity contribution is -0.133. The number of sulfonamides is 1. The van der Waals surface area contributed by atoms with E-state index in [1.165, 1.54) is 17.0 Å². The van der Waals surface area contributed by atoms with Crippen molar-refractivity contribution in [1.82, 2.24) is 9.21 Å². The molecule has 5 nitrogen and oxygen atoms in total. The maximum Gasteiger partial charge on any atom is 0.223 e.